The first kappa shape index (κ1) is 14.5. The van der Waals surface area contributed by atoms with E-state index >= 15 is 0 Å². The highest BCUT2D eigenvalue weighted by atomic mass is 16.5. The lowest BCUT2D eigenvalue weighted by Gasteiger charge is -2.36. The first-order valence-corrected chi connectivity index (χ1v) is 7.51. The van der Waals surface area contributed by atoms with Gasteiger partial charge in [0.2, 0.25) is 0 Å². The Kier molecular flexibility index (Phi) is 4.04. The number of aryl methyl sites for hydroxylation is 1. The van der Waals surface area contributed by atoms with Gasteiger partial charge >= 0.3 is 0 Å². The Labute approximate surface area is 130 Å². The number of rotatable bonds is 3. The topological polar surface area (TPSA) is 48.6 Å². The van der Waals surface area contributed by atoms with E-state index in [0.29, 0.717) is 0 Å². The van der Waals surface area contributed by atoms with Gasteiger partial charge in [-0.3, -0.25) is 4.79 Å². The maximum absolute atomic E-state index is 12.5. The van der Waals surface area contributed by atoms with Crippen molar-refractivity contribution in [3.8, 4) is 5.75 Å². The molecule has 2 aromatic rings. The quantitative estimate of drug-likeness (QED) is 0.946. The van der Waals surface area contributed by atoms with Crippen molar-refractivity contribution in [2.24, 2.45) is 0 Å². The second-order valence-electron chi connectivity index (χ2n) is 5.49. The standard InChI is InChI=1S/C17H21N3O2/c1-13-16(7-8-18-13)17(21)20-11-9-19(10-12-20)14-3-5-15(22-2)6-4-14/h3-8,18H,9-12H2,1-2H3. The van der Waals surface area contributed by atoms with Crippen LogP contribution in [0.15, 0.2) is 36.5 Å². The number of H-pyrrole nitrogens is 1. The zero-order valence-corrected chi connectivity index (χ0v) is 13.0. The number of ether oxygens (including phenoxy) is 1. The Morgan fingerprint density at radius 2 is 1.77 bits per heavy atom. The maximum atomic E-state index is 12.5. The number of aromatic amines is 1. The summed E-state index contributed by atoms with van der Waals surface area (Å²) in [4.78, 5) is 19.8. The van der Waals surface area contributed by atoms with Gasteiger partial charge in [0.25, 0.3) is 5.91 Å². The number of hydrogen-bond donors (Lipinski definition) is 1. The minimum absolute atomic E-state index is 0.119. The van der Waals surface area contributed by atoms with Crippen LogP contribution in [-0.4, -0.2) is 49.1 Å². The molecule has 0 radical (unpaired) electrons. The van der Waals surface area contributed by atoms with Crippen molar-refractivity contribution in [1.82, 2.24) is 9.88 Å². The van der Waals surface area contributed by atoms with Crippen molar-refractivity contribution in [2.75, 3.05) is 38.2 Å². The van der Waals surface area contributed by atoms with E-state index in [1.165, 1.54) is 5.69 Å². The molecule has 0 saturated carbocycles. The summed E-state index contributed by atoms with van der Waals surface area (Å²) in [7, 11) is 1.67. The summed E-state index contributed by atoms with van der Waals surface area (Å²) in [5.41, 5.74) is 2.88. The number of carbonyl (C=O) groups is 1. The number of aromatic nitrogens is 1. The number of amides is 1. The van der Waals surface area contributed by atoms with E-state index in [-0.39, 0.29) is 5.91 Å². The summed E-state index contributed by atoms with van der Waals surface area (Å²) in [6.45, 7) is 5.12. The van der Waals surface area contributed by atoms with Crippen LogP contribution < -0.4 is 9.64 Å². The van der Waals surface area contributed by atoms with E-state index in [2.05, 4.69) is 22.0 Å². The van der Waals surface area contributed by atoms with Crippen LogP contribution in [0.5, 0.6) is 5.75 Å². The van der Waals surface area contributed by atoms with Crippen molar-refractivity contribution in [1.29, 1.82) is 0 Å². The summed E-state index contributed by atoms with van der Waals surface area (Å²) >= 11 is 0. The minimum atomic E-state index is 0.119. The molecule has 5 heteroatoms. The third-order valence-corrected chi connectivity index (χ3v) is 4.19. The van der Waals surface area contributed by atoms with Crippen molar-refractivity contribution >= 4 is 11.6 Å². The Balaban J connectivity index is 1.62. The zero-order valence-electron chi connectivity index (χ0n) is 13.0. The van der Waals surface area contributed by atoms with Gasteiger partial charge < -0.3 is 19.5 Å². The van der Waals surface area contributed by atoms with Gasteiger partial charge in [0.05, 0.1) is 12.7 Å². The van der Waals surface area contributed by atoms with E-state index in [1.54, 1.807) is 7.11 Å². The van der Waals surface area contributed by atoms with Crippen LogP contribution >= 0.6 is 0 Å². The fraction of sp³-hybridized carbons (Fsp3) is 0.353. The first-order valence-electron chi connectivity index (χ1n) is 7.51. The summed E-state index contributed by atoms with van der Waals surface area (Å²) in [5, 5.41) is 0. The van der Waals surface area contributed by atoms with Gasteiger partial charge in [0.15, 0.2) is 0 Å². The first-order chi connectivity index (χ1) is 10.7. The highest BCUT2D eigenvalue weighted by molar-refractivity contribution is 5.95. The normalized spacial score (nSPS) is 15.0. The molecular formula is C17H21N3O2. The molecule has 0 bridgehead atoms. The largest absolute Gasteiger partial charge is 0.497 e. The summed E-state index contributed by atoms with van der Waals surface area (Å²) in [6, 6.07) is 9.92. The van der Waals surface area contributed by atoms with Crippen LogP contribution in [-0.2, 0) is 0 Å². The van der Waals surface area contributed by atoms with Gasteiger partial charge in [0, 0.05) is 43.8 Å². The van der Waals surface area contributed by atoms with Gasteiger partial charge in [-0.25, -0.2) is 0 Å². The minimum Gasteiger partial charge on any atom is -0.497 e. The van der Waals surface area contributed by atoms with Crippen LogP contribution in [0.25, 0.3) is 0 Å². The van der Waals surface area contributed by atoms with Crippen LogP contribution in [0.4, 0.5) is 5.69 Å². The molecule has 2 heterocycles. The average molecular weight is 299 g/mol. The van der Waals surface area contributed by atoms with E-state index in [4.69, 9.17) is 4.74 Å². The van der Waals surface area contributed by atoms with Crippen molar-refractivity contribution in [3.63, 3.8) is 0 Å². The van der Waals surface area contributed by atoms with Gasteiger partial charge in [-0.1, -0.05) is 0 Å². The van der Waals surface area contributed by atoms with Gasteiger partial charge in [0.1, 0.15) is 5.75 Å². The molecule has 0 spiro atoms. The number of benzene rings is 1. The van der Waals surface area contributed by atoms with Crippen LogP contribution in [0.3, 0.4) is 0 Å². The van der Waals surface area contributed by atoms with E-state index in [1.807, 2.05) is 36.2 Å². The van der Waals surface area contributed by atoms with Gasteiger partial charge in [-0.2, -0.15) is 0 Å². The highest BCUT2D eigenvalue weighted by Crippen LogP contribution is 2.21. The fourth-order valence-corrected chi connectivity index (χ4v) is 2.82. The smallest absolute Gasteiger partial charge is 0.255 e. The van der Waals surface area contributed by atoms with Crippen molar-refractivity contribution in [2.45, 2.75) is 6.92 Å². The Bertz CT molecular complexity index is 640. The third-order valence-electron chi connectivity index (χ3n) is 4.19. The highest BCUT2D eigenvalue weighted by Gasteiger charge is 2.23. The molecule has 116 valence electrons. The maximum Gasteiger partial charge on any atom is 0.255 e. The van der Waals surface area contributed by atoms with Crippen LogP contribution in [0.1, 0.15) is 16.1 Å². The molecule has 5 nitrogen and oxygen atoms in total. The lowest BCUT2D eigenvalue weighted by atomic mass is 10.2. The van der Waals surface area contributed by atoms with Gasteiger partial charge in [-0.15, -0.1) is 0 Å². The number of nitrogens with zero attached hydrogens (tertiary/aromatic N) is 2. The monoisotopic (exact) mass is 299 g/mol. The molecule has 3 rings (SSSR count). The molecule has 1 amide bonds. The average Bonchev–Trinajstić information content (AvgIpc) is 3.00. The molecule has 1 N–H and O–H groups in total. The van der Waals surface area contributed by atoms with Crippen molar-refractivity contribution in [3.05, 3.63) is 47.8 Å². The lowest BCUT2D eigenvalue weighted by Crippen LogP contribution is -2.48. The summed E-state index contributed by atoms with van der Waals surface area (Å²) in [6.07, 6.45) is 1.82. The number of carbonyl (C=O) groups excluding carboxylic acids is 1. The summed E-state index contributed by atoms with van der Waals surface area (Å²) < 4.78 is 5.18. The molecule has 22 heavy (non-hydrogen) atoms. The second kappa shape index (κ2) is 6.13. The SMILES string of the molecule is COc1ccc(N2CCN(C(=O)c3cc[nH]c3C)CC2)cc1. The van der Waals surface area contributed by atoms with E-state index in [9.17, 15) is 4.79 Å². The van der Waals surface area contributed by atoms with E-state index in [0.717, 1.165) is 43.2 Å². The number of methoxy groups -OCH3 is 1. The van der Waals surface area contributed by atoms with Gasteiger partial charge in [-0.05, 0) is 37.3 Å². The van der Waals surface area contributed by atoms with E-state index < -0.39 is 0 Å². The molecule has 0 unspecified atom stereocenters. The summed E-state index contributed by atoms with van der Waals surface area (Å²) in [5.74, 6) is 0.980. The van der Waals surface area contributed by atoms with Crippen LogP contribution in [0, 0.1) is 6.92 Å². The predicted molar refractivity (Wildman–Crippen MR) is 86.6 cm³/mol. The Morgan fingerprint density at radius 1 is 1.09 bits per heavy atom. The molecule has 0 aliphatic carbocycles. The molecule has 1 aliphatic rings. The Hall–Kier alpha value is -2.43. The van der Waals surface area contributed by atoms with Crippen LogP contribution in [0.2, 0.25) is 0 Å². The predicted octanol–water partition coefficient (Wildman–Crippen LogP) is 2.29. The molecule has 1 saturated heterocycles. The lowest BCUT2D eigenvalue weighted by molar-refractivity contribution is 0.0746. The molecular weight excluding hydrogens is 278 g/mol. The number of hydrogen-bond acceptors (Lipinski definition) is 3. The Morgan fingerprint density at radius 3 is 2.32 bits per heavy atom. The number of anilines is 1. The number of piperazine rings is 1. The van der Waals surface area contributed by atoms with Crippen molar-refractivity contribution < 1.29 is 9.53 Å². The fourth-order valence-electron chi connectivity index (χ4n) is 2.82. The molecule has 1 aliphatic heterocycles. The third kappa shape index (κ3) is 2.79. The molecule has 1 fully saturated rings. The zero-order chi connectivity index (χ0) is 15.5. The number of nitrogens with one attached hydrogen (secondary N) is 1. The molecule has 1 aromatic heterocycles. The second-order valence-corrected chi connectivity index (χ2v) is 5.49. The molecule has 0 atom stereocenters. The molecule has 1 aromatic carbocycles.